The van der Waals surface area contributed by atoms with Crippen LogP contribution in [-0.2, 0) is 5.60 Å². The first-order chi connectivity index (χ1) is 6.56. The Labute approximate surface area is 86.2 Å². The summed E-state index contributed by atoms with van der Waals surface area (Å²) in [6.45, 7) is 5.55. The number of nitrogens with zero attached hydrogens (tertiary/aromatic N) is 1. The fraction of sp³-hybridized carbons (Fsp3) is 0.500. The van der Waals surface area contributed by atoms with Crippen molar-refractivity contribution in [2.45, 2.75) is 19.4 Å². The Kier molecular flexibility index (Phi) is 3.67. The molecular formula is C12H19NO. The molecule has 0 radical (unpaired) electrons. The summed E-state index contributed by atoms with van der Waals surface area (Å²) in [5.74, 6) is 0. The van der Waals surface area contributed by atoms with Crippen LogP contribution in [0.5, 0.6) is 0 Å². The van der Waals surface area contributed by atoms with E-state index in [-0.39, 0.29) is 0 Å². The minimum absolute atomic E-state index is 0.660. The molecule has 0 bridgehead atoms. The van der Waals surface area contributed by atoms with E-state index in [1.54, 1.807) is 0 Å². The number of hydrogen-bond donors (Lipinski definition) is 1. The molecule has 2 nitrogen and oxygen atoms in total. The van der Waals surface area contributed by atoms with Gasteiger partial charge < -0.3 is 10.0 Å². The molecule has 0 amide bonds. The Morgan fingerprint density at radius 1 is 1.29 bits per heavy atom. The van der Waals surface area contributed by atoms with Gasteiger partial charge in [-0.25, -0.2) is 0 Å². The molecule has 0 saturated heterocycles. The molecule has 0 heterocycles. The normalized spacial score (nSPS) is 15.5. The molecule has 1 atom stereocenters. The summed E-state index contributed by atoms with van der Waals surface area (Å²) in [6.07, 6.45) is 0. The molecule has 1 aromatic rings. The van der Waals surface area contributed by atoms with Crippen LogP contribution in [0.3, 0.4) is 0 Å². The van der Waals surface area contributed by atoms with Crippen LogP contribution in [0.25, 0.3) is 0 Å². The summed E-state index contributed by atoms with van der Waals surface area (Å²) < 4.78 is 0. The van der Waals surface area contributed by atoms with E-state index < -0.39 is 5.60 Å². The second kappa shape index (κ2) is 4.58. The van der Waals surface area contributed by atoms with Crippen molar-refractivity contribution in [1.82, 2.24) is 4.90 Å². The highest BCUT2D eigenvalue weighted by molar-refractivity contribution is 5.21. The van der Waals surface area contributed by atoms with Crippen molar-refractivity contribution in [2.24, 2.45) is 0 Å². The zero-order chi connectivity index (χ0) is 10.6. The lowest BCUT2D eigenvalue weighted by molar-refractivity contribution is 0.0248. The molecule has 0 spiro atoms. The molecule has 0 aliphatic carbocycles. The van der Waals surface area contributed by atoms with E-state index in [0.29, 0.717) is 6.54 Å². The van der Waals surface area contributed by atoms with E-state index in [1.807, 2.05) is 44.3 Å². The highest BCUT2D eigenvalue weighted by atomic mass is 16.3. The third-order valence-electron chi connectivity index (χ3n) is 2.51. The molecule has 14 heavy (non-hydrogen) atoms. The summed E-state index contributed by atoms with van der Waals surface area (Å²) in [5, 5.41) is 10.2. The van der Waals surface area contributed by atoms with Crippen LogP contribution in [-0.4, -0.2) is 30.1 Å². The minimum Gasteiger partial charge on any atom is -0.384 e. The predicted octanol–water partition coefficient (Wildman–Crippen LogP) is 1.85. The molecular weight excluding hydrogens is 174 g/mol. The number of benzene rings is 1. The number of rotatable bonds is 4. The molecule has 0 aromatic heterocycles. The quantitative estimate of drug-likeness (QED) is 0.788. The third kappa shape index (κ3) is 2.82. The van der Waals surface area contributed by atoms with Gasteiger partial charge in [0, 0.05) is 6.54 Å². The van der Waals surface area contributed by atoms with Gasteiger partial charge in [-0.2, -0.15) is 0 Å². The second-order valence-electron chi connectivity index (χ2n) is 3.97. The molecule has 1 unspecified atom stereocenters. The monoisotopic (exact) mass is 193 g/mol. The molecule has 2 heteroatoms. The lowest BCUT2D eigenvalue weighted by atomic mass is 9.96. The van der Waals surface area contributed by atoms with Gasteiger partial charge in [-0.15, -0.1) is 0 Å². The molecule has 1 aromatic carbocycles. The van der Waals surface area contributed by atoms with Crippen molar-refractivity contribution < 1.29 is 5.11 Å². The summed E-state index contributed by atoms with van der Waals surface area (Å²) in [4.78, 5) is 2.10. The van der Waals surface area contributed by atoms with Crippen molar-refractivity contribution in [1.29, 1.82) is 0 Å². The van der Waals surface area contributed by atoms with Gasteiger partial charge in [-0.3, -0.25) is 0 Å². The van der Waals surface area contributed by atoms with Gasteiger partial charge >= 0.3 is 0 Å². The number of likely N-dealkylation sites (N-methyl/N-ethyl adjacent to an activating group) is 1. The van der Waals surface area contributed by atoms with E-state index in [9.17, 15) is 5.11 Å². The number of aliphatic hydroxyl groups is 1. The maximum Gasteiger partial charge on any atom is 0.0994 e. The highest BCUT2D eigenvalue weighted by Crippen LogP contribution is 2.20. The third-order valence-corrected chi connectivity index (χ3v) is 2.51. The summed E-state index contributed by atoms with van der Waals surface area (Å²) in [6, 6.07) is 9.79. The summed E-state index contributed by atoms with van der Waals surface area (Å²) >= 11 is 0. The first-order valence-corrected chi connectivity index (χ1v) is 5.02. The summed E-state index contributed by atoms with van der Waals surface area (Å²) in [5.41, 5.74) is 0.215. The predicted molar refractivity (Wildman–Crippen MR) is 59.2 cm³/mol. The van der Waals surface area contributed by atoms with Crippen molar-refractivity contribution in [3.63, 3.8) is 0 Å². The minimum atomic E-state index is -0.758. The van der Waals surface area contributed by atoms with E-state index in [2.05, 4.69) is 11.8 Å². The Morgan fingerprint density at radius 3 is 2.36 bits per heavy atom. The van der Waals surface area contributed by atoms with Crippen LogP contribution in [0.1, 0.15) is 19.4 Å². The van der Waals surface area contributed by atoms with Gasteiger partial charge in [0.05, 0.1) is 5.60 Å². The Morgan fingerprint density at radius 2 is 1.86 bits per heavy atom. The largest absolute Gasteiger partial charge is 0.384 e. The summed E-state index contributed by atoms with van der Waals surface area (Å²) in [7, 11) is 2.01. The zero-order valence-corrected chi connectivity index (χ0v) is 9.20. The molecule has 0 aliphatic heterocycles. The maximum absolute atomic E-state index is 10.2. The lowest BCUT2D eigenvalue weighted by Crippen LogP contribution is -2.36. The molecule has 0 aliphatic rings. The molecule has 1 N–H and O–H groups in total. The highest BCUT2D eigenvalue weighted by Gasteiger charge is 2.23. The topological polar surface area (TPSA) is 23.5 Å². The van der Waals surface area contributed by atoms with Crippen molar-refractivity contribution in [2.75, 3.05) is 20.1 Å². The van der Waals surface area contributed by atoms with Gasteiger partial charge in [0.25, 0.3) is 0 Å². The van der Waals surface area contributed by atoms with Crippen molar-refractivity contribution >= 4 is 0 Å². The average Bonchev–Trinajstić information content (AvgIpc) is 2.18. The van der Waals surface area contributed by atoms with Crippen LogP contribution >= 0.6 is 0 Å². The van der Waals surface area contributed by atoms with Gasteiger partial charge in [-0.1, -0.05) is 37.3 Å². The SMILES string of the molecule is CCN(C)CC(C)(O)c1ccccc1. The van der Waals surface area contributed by atoms with Crippen molar-refractivity contribution in [3.05, 3.63) is 35.9 Å². The fourth-order valence-electron chi connectivity index (χ4n) is 1.53. The van der Waals surface area contributed by atoms with Gasteiger partial charge in [0.1, 0.15) is 0 Å². The van der Waals surface area contributed by atoms with Crippen LogP contribution in [0, 0.1) is 0 Å². The number of hydrogen-bond acceptors (Lipinski definition) is 2. The maximum atomic E-state index is 10.2. The average molecular weight is 193 g/mol. The molecule has 0 saturated carbocycles. The first-order valence-electron chi connectivity index (χ1n) is 5.02. The van der Waals surface area contributed by atoms with Crippen LogP contribution in [0.4, 0.5) is 0 Å². The Bertz CT molecular complexity index is 269. The fourth-order valence-corrected chi connectivity index (χ4v) is 1.53. The van der Waals surface area contributed by atoms with Crippen molar-refractivity contribution in [3.8, 4) is 0 Å². The lowest BCUT2D eigenvalue weighted by Gasteiger charge is -2.28. The van der Waals surface area contributed by atoms with Crippen LogP contribution in [0.2, 0.25) is 0 Å². The van der Waals surface area contributed by atoms with E-state index >= 15 is 0 Å². The van der Waals surface area contributed by atoms with Gasteiger partial charge in [-0.05, 0) is 26.1 Å². The molecule has 1 rings (SSSR count). The second-order valence-corrected chi connectivity index (χ2v) is 3.97. The van der Waals surface area contributed by atoms with Gasteiger partial charge in [0.2, 0.25) is 0 Å². The van der Waals surface area contributed by atoms with E-state index in [0.717, 1.165) is 12.1 Å². The zero-order valence-electron chi connectivity index (χ0n) is 9.20. The van der Waals surface area contributed by atoms with Crippen LogP contribution in [0.15, 0.2) is 30.3 Å². The van der Waals surface area contributed by atoms with E-state index in [1.165, 1.54) is 0 Å². The van der Waals surface area contributed by atoms with Gasteiger partial charge in [0.15, 0.2) is 0 Å². The smallest absolute Gasteiger partial charge is 0.0994 e. The van der Waals surface area contributed by atoms with E-state index in [4.69, 9.17) is 0 Å². The standard InChI is InChI=1S/C12H19NO/c1-4-13(3)10-12(2,14)11-8-6-5-7-9-11/h5-9,14H,4,10H2,1-3H3. The molecule has 0 fully saturated rings. The first kappa shape index (κ1) is 11.2. The Hall–Kier alpha value is -0.860. The Balaban J connectivity index is 2.75. The van der Waals surface area contributed by atoms with Crippen LogP contribution < -0.4 is 0 Å². The molecule has 78 valence electrons.